The highest BCUT2D eigenvalue weighted by Gasteiger charge is 2.11. The van der Waals surface area contributed by atoms with Crippen LogP contribution in [0.1, 0.15) is 13.3 Å². The molecule has 3 unspecified atom stereocenters. The fourth-order valence-electron chi connectivity index (χ4n) is 1.79. The predicted molar refractivity (Wildman–Crippen MR) is 177 cm³/mol. The Kier molecular flexibility index (Phi) is 36.1. The van der Waals surface area contributed by atoms with Crippen molar-refractivity contribution < 1.29 is 0 Å². The van der Waals surface area contributed by atoms with Crippen molar-refractivity contribution in [2.24, 2.45) is 0 Å². The van der Waals surface area contributed by atoms with Gasteiger partial charge in [0, 0.05) is 67.5 Å². The fraction of sp³-hybridized carbons (Fsp3) is 1.00. The van der Waals surface area contributed by atoms with E-state index in [9.17, 15) is 0 Å². The second kappa shape index (κ2) is 29.9. The number of thiol groups is 6. The van der Waals surface area contributed by atoms with Crippen molar-refractivity contribution in [3.8, 4) is 0 Å². The summed E-state index contributed by atoms with van der Waals surface area (Å²) in [6.45, 7) is 2.24. The molecular weight excluding hydrogens is 569 g/mol. The van der Waals surface area contributed by atoms with E-state index in [0.717, 1.165) is 51.8 Å². The van der Waals surface area contributed by atoms with Crippen molar-refractivity contribution in [1.82, 2.24) is 0 Å². The standard InChI is InChI=1S/C11H24S6.C7H16S5/c1-2-4-16-10(6-13)8-15-9-11(7-14)17-5-3-12;8-1-3-11-6-7(5-10)12-4-2-9/h10-14H,2-9H2,1H3;7-10H,1-6H2. The molecule has 0 radical (unpaired) electrons. The third-order valence-electron chi connectivity index (χ3n) is 3.21. The summed E-state index contributed by atoms with van der Waals surface area (Å²) in [5.41, 5.74) is 0. The molecule has 0 saturated carbocycles. The Morgan fingerprint density at radius 2 is 0.897 bits per heavy atom. The summed E-state index contributed by atoms with van der Waals surface area (Å²) in [7, 11) is 0. The number of hydrogen-bond acceptors (Lipinski definition) is 11. The Bertz CT molecular complexity index is 281. The summed E-state index contributed by atoms with van der Waals surface area (Å²) >= 11 is 35.8. The lowest BCUT2D eigenvalue weighted by atomic mass is 10.5. The molecule has 3 atom stereocenters. The third-order valence-corrected chi connectivity index (χ3v) is 13.8. The SMILES string of the molecule is CCCSC(CS)CSCC(CS)SCCS.SCCSCC(CS)SCCS. The van der Waals surface area contributed by atoms with Gasteiger partial charge in [-0.25, -0.2) is 0 Å². The zero-order valence-corrected chi connectivity index (χ0v) is 26.8. The lowest BCUT2D eigenvalue weighted by Gasteiger charge is -2.16. The van der Waals surface area contributed by atoms with E-state index in [0.29, 0.717) is 15.7 Å². The van der Waals surface area contributed by atoms with E-state index < -0.39 is 0 Å². The van der Waals surface area contributed by atoms with Crippen LogP contribution < -0.4 is 0 Å². The van der Waals surface area contributed by atoms with Crippen LogP contribution in [0.5, 0.6) is 0 Å². The Hall–Kier alpha value is 3.85. The van der Waals surface area contributed by atoms with Crippen molar-refractivity contribution in [3.05, 3.63) is 0 Å². The second-order valence-corrected chi connectivity index (χ2v) is 14.7. The first-order valence-corrected chi connectivity index (χ1v) is 19.0. The first kappa shape index (κ1) is 35.0. The molecule has 178 valence electrons. The Morgan fingerprint density at radius 1 is 0.517 bits per heavy atom. The monoisotopic (exact) mass is 608 g/mol. The average molecular weight is 609 g/mol. The molecule has 0 aromatic rings. The van der Waals surface area contributed by atoms with Crippen molar-refractivity contribution in [2.45, 2.75) is 29.1 Å². The molecule has 0 aliphatic heterocycles. The Balaban J connectivity index is 0. The molecule has 0 bridgehead atoms. The average Bonchev–Trinajstić information content (AvgIpc) is 2.75. The molecule has 0 nitrogen and oxygen atoms in total. The van der Waals surface area contributed by atoms with Gasteiger partial charge in [-0.15, -0.1) is 0 Å². The summed E-state index contributed by atoms with van der Waals surface area (Å²) in [6.07, 6.45) is 1.26. The molecule has 0 N–H and O–H groups in total. The largest absolute Gasteiger partial charge is 0.179 e. The topological polar surface area (TPSA) is 0 Å². The van der Waals surface area contributed by atoms with Crippen molar-refractivity contribution >= 4 is 135 Å². The number of rotatable bonds is 20. The maximum absolute atomic E-state index is 4.43. The Labute approximate surface area is 235 Å². The maximum Gasteiger partial charge on any atom is 0.0226 e. The molecule has 0 aromatic carbocycles. The number of thioether (sulfide) groups is 5. The van der Waals surface area contributed by atoms with Gasteiger partial charge in [-0.2, -0.15) is 135 Å². The van der Waals surface area contributed by atoms with Crippen LogP contribution in [0.15, 0.2) is 0 Å². The van der Waals surface area contributed by atoms with Gasteiger partial charge in [0.15, 0.2) is 0 Å². The van der Waals surface area contributed by atoms with Gasteiger partial charge in [0.1, 0.15) is 0 Å². The van der Waals surface area contributed by atoms with E-state index in [-0.39, 0.29) is 0 Å². The van der Waals surface area contributed by atoms with Gasteiger partial charge in [-0.1, -0.05) is 6.92 Å². The van der Waals surface area contributed by atoms with Crippen LogP contribution in [-0.2, 0) is 0 Å². The van der Waals surface area contributed by atoms with Crippen LogP contribution in [0.4, 0.5) is 0 Å². The highest BCUT2D eigenvalue weighted by molar-refractivity contribution is 8.06. The molecular formula is C18H40S11. The van der Waals surface area contributed by atoms with Gasteiger partial charge >= 0.3 is 0 Å². The lowest BCUT2D eigenvalue weighted by Crippen LogP contribution is -2.14. The van der Waals surface area contributed by atoms with Gasteiger partial charge in [-0.05, 0) is 29.4 Å². The van der Waals surface area contributed by atoms with E-state index in [1.54, 1.807) is 0 Å². The van der Waals surface area contributed by atoms with E-state index in [1.165, 1.54) is 29.4 Å². The van der Waals surface area contributed by atoms with Gasteiger partial charge in [0.2, 0.25) is 0 Å². The molecule has 0 aliphatic rings. The van der Waals surface area contributed by atoms with E-state index in [1.807, 2.05) is 35.3 Å². The highest BCUT2D eigenvalue weighted by atomic mass is 32.2. The summed E-state index contributed by atoms with van der Waals surface area (Å²) in [4.78, 5) is 0. The smallest absolute Gasteiger partial charge is 0.0226 e. The van der Waals surface area contributed by atoms with E-state index >= 15 is 0 Å². The first-order valence-electron chi connectivity index (χ1n) is 9.78. The normalized spacial score (nSPS) is 14.2. The molecule has 0 heterocycles. The molecule has 29 heavy (non-hydrogen) atoms. The molecule has 0 amide bonds. The van der Waals surface area contributed by atoms with Gasteiger partial charge < -0.3 is 0 Å². The molecule has 0 fully saturated rings. The van der Waals surface area contributed by atoms with E-state index in [4.69, 9.17) is 0 Å². The highest BCUT2D eigenvalue weighted by Crippen LogP contribution is 2.23. The van der Waals surface area contributed by atoms with Crippen LogP contribution in [0.2, 0.25) is 0 Å². The maximum atomic E-state index is 4.43. The minimum absolute atomic E-state index is 0.673. The molecule has 0 saturated heterocycles. The zero-order chi connectivity index (χ0) is 22.2. The minimum atomic E-state index is 0.673. The van der Waals surface area contributed by atoms with Crippen molar-refractivity contribution in [2.75, 3.05) is 74.8 Å². The zero-order valence-electron chi connectivity index (χ0n) is 17.4. The van der Waals surface area contributed by atoms with Crippen molar-refractivity contribution in [1.29, 1.82) is 0 Å². The van der Waals surface area contributed by atoms with Gasteiger partial charge in [0.05, 0.1) is 0 Å². The first-order chi connectivity index (χ1) is 14.1. The quantitative estimate of drug-likeness (QED) is 0.0668. The molecule has 0 rings (SSSR count). The van der Waals surface area contributed by atoms with Crippen LogP contribution in [0.3, 0.4) is 0 Å². The molecule has 0 aliphatic carbocycles. The lowest BCUT2D eigenvalue weighted by molar-refractivity contribution is 1.08. The Morgan fingerprint density at radius 3 is 1.24 bits per heavy atom. The summed E-state index contributed by atoms with van der Waals surface area (Å²) < 4.78 is 0. The second-order valence-electron chi connectivity index (χ2n) is 5.81. The third kappa shape index (κ3) is 26.3. The molecule has 0 aromatic heterocycles. The fourth-order valence-corrected chi connectivity index (χ4v) is 10.0. The summed E-state index contributed by atoms with van der Waals surface area (Å²) in [6, 6.07) is 0. The van der Waals surface area contributed by atoms with Crippen LogP contribution in [-0.4, -0.2) is 90.5 Å². The van der Waals surface area contributed by atoms with Gasteiger partial charge in [0.25, 0.3) is 0 Å². The minimum Gasteiger partial charge on any atom is -0.179 e. The van der Waals surface area contributed by atoms with Gasteiger partial charge in [-0.3, -0.25) is 0 Å². The summed E-state index contributed by atoms with van der Waals surface area (Å²) in [5, 5.41) is 2.07. The van der Waals surface area contributed by atoms with E-state index in [2.05, 4.69) is 106 Å². The van der Waals surface area contributed by atoms with Crippen LogP contribution in [0.25, 0.3) is 0 Å². The van der Waals surface area contributed by atoms with Crippen LogP contribution in [0, 0.1) is 0 Å². The number of hydrogen-bond donors (Lipinski definition) is 6. The molecule has 11 heteroatoms. The predicted octanol–water partition coefficient (Wildman–Crippen LogP) is 6.73. The van der Waals surface area contributed by atoms with Crippen molar-refractivity contribution in [3.63, 3.8) is 0 Å². The van der Waals surface area contributed by atoms with Crippen LogP contribution >= 0.6 is 135 Å². The molecule has 0 spiro atoms. The summed E-state index contributed by atoms with van der Waals surface area (Å²) in [5.74, 6) is 14.1.